The average molecular weight is 291 g/mol. The van der Waals surface area contributed by atoms with Gasteiger partial charge < -0.3 is 21.1 Å². The first kappa shape index (κ1) is 15.6. The van der Waals surface area contributed by atoms with E-state index in [0.717, 1.165) is 31.7 Å². The van der Waals surface area contributed by atoms with Crippen LogP contribution in [0.5, 0.6) is 0 Å². The molecule has 5 heteroatoms. The smallest absolute Gasteiger partial charge is 0.253 e. The molecule has 2 rings (SSSR count). The van der Waals surface area contributed by atoms with Crippen LogP contribution in [-0.2, 0) is 4.74 Å². The van der Waals surface area contributed by atoms with Crippen LogP contribution in [0, 0.1) is 0 Å². The molecule has 21 heavy (non-hydrogen) atoms. The van der Waals surface area contributed by atoms with Crippen molar-refractivity contribution in [3.05, 3.63) is 23.8 Å². The highest BCUT2D eigenvalue weighted by Gasteiger charge is 2.14. The van der Waals surface area contributed by atoms with Crippen molar-refractivity contribution in [2.45, 2.75) is 38.7 Å². The molecule has 0 aliphatic carbocycles. The topological polar surface area (TPSA) is 76.4 Å². The van der Waals surface area contributed by atoms with E-state index in [9.17, 15) is 4.79 Å². The number of hydrogen-bond acceptors (Lipinski definition) is 4. The Hall–Kier alpha value is -1.75. The van der Waals surface area contributed by atoms with Gasteiger partial charge in [-0.2, -0.15) is 0 Å². The number of amides is 1. The molecule has 5 nitrogen and oxygen atoms in total. The van der Waals surface area contributed by atoms with E-state index in [2.05, 4.69) is 10.6 Å². The van der Waals surface area contributed by atoms with Gasteiger partial charge in [-0.1, -0.05) is 0 Å². The molecule has 0 saturated carbocycles. The predicted octanol–water partition coefficient (Wildman–Crippen LogP) is 2.39. The fourth-order valence-corrected chi connectivity index (χ4v) is 2.56. The van der Waals surface area contributed by atoms with E-state index >= 15 is 0 Å². The minimum Gasteiger partial charge on any atom is -0.399 e. The lowest BCUT2D eigenvalue weighted by Crippen LogP contribution is -2.25. The summed E-state index contributed by atoms with van der Waals surface area (Å²) in [5.41, 5.74) is 7.90. The molecule has 0 radical (unpaired) electrons. The van der Waals surface area contributed by atoms with E-state index in [1.807, 2.05) is 13.0 Å². The highest BCUT2D eigenvalue weighted by molar-refractivity contribution is 6.00. The van der Waals surface area contributed by atoms with Crippen LogP contribution in [0.3, 0.4) is 0 Å². The van der Waals surface area contributed by atoms with Crippen LogP contribution >= 0.6 is 0 Å². The van der Waals surface area contributed by atoms with Gasteiger partial charge in [-0.3, -0.25) is 4.79 Å². The summed E-state index contributed by atoms with van der Waals surface area (Å²) >= 11 is 0. The summed E-state index contributed by atoms with van der Waals surface area (Å²) in [6.45, 7) is 4.16. The number of rotatable bonds is 6. The van der Waals surface area contributed by atoms with Crippen molar-refractivity contribution in [1.82, 2.24) is 5.32 Å². The van der Waals surface area contributed by atoms with Gasteiger partial charge in [0.2, 0.25) is 0 Å². The molecule has 1 amide bonds. The normalized spacial score (nSPS) is 18.2. The second-order valence-corrected chi connectivity index (χ2v) is 5.37. The molecule has 4 N–H and O–H groups in total. The van der Waals surface area contributed by atoms with Crippen molar-refractivity contribution in [2.75, 3.05) is 30.7 Å². The van der Waals surface area contributed by atoms with Crippen LogP contribution in [0.4, 0.5) is 11.4 Å². The molecule has 1 saturated heterocycles. The van der Waals surface area contributed by atoms with Gasteiger partial charge in [-0.25, -0.2) is 0 Å². The summed E-state index contributed by atoms with van der Waals surface area (Å²) < 4.78 is 5.71. The summed E-state index contributed by atoms with van der Waals surface area (Å²) in [4.78, 5) is 12.0. The van der Waals surface area contributed by atoms with Crippen molar-refractivity contribution in [2.24, 2.45) is 0 Å². The Kier molecular flexibility index (Phi) is 5.87. The summed E-state index contributed by atoms with van der Waals surface area (Å²) in [5, 5.41) is 6.14. The maximum absolute atomic E-state index is 12.0. The molecular weight excluding hydrogens is 266 g/mol. The summed E-state index contributed by atoms with van der Waals surface area (Å²) in [5.74, 6) is -0.0751. The molecule has 116 valence electrons. The van der Waals surface area contributed by atoms with Gasteiger partial charge in [-0.15, -0.1) is 0 Å². The maximum Gasteiger partial charge on any atom is 0.253 e. The van der Waals surface area contributed by atoms with Crippen molar-refractivity contribution in [1.29, 1.82) is 0 Å². The number of nitrogens with one attached hydrogen (secondary N) is 2. The van der Waals surface area contributed by atoms with E-state index < -0.39 is 0 Å². The van der Waals surface area contributed by atoms with Gasteiger partial charge >= 0.3 is 0 Å². The third kappa shape index (κ3) is 4.63. The van der Waals surface area contributed by atoms with E-state index in [1.54, 1.807) is 12.1 Å². The maximum atomic E-state index is 12.0. The zero-order valence-corrected chi connectivity index (χ0v) is 12.7. The van der Waals surface area contributed by atoms with Crippen molar-refractivity contribution in [3.63, 3.8) is 0 Å². The van der Waals surface area contributed by atoms with Crippen LogP contribution < -0.4 is 16.4 Å². The number of anilines is 2. The number of nitrogen functional groups attached to an aromatic ring is 1. The zero-order valence-electron chi connectivity index (χ0n) is 12.7. The van der Waals surface area contributed by atoms with Crippen LogP contribution in [0.25, 0.3) is 0 Å². The first-order valence-corrected chi connectivity index (χ1v) is 7.74. The van der Waals surface area contributed by atoms with Gasteiger partial charge in [0.15, 0.2) is 0 Å². The molecule has 1 aliphatic rings. The lowest BCUT2D eigenvalue weighted by atomic mass is 10.1. The van der Waals surface area contributed by atoms with Crippen molar-refractivity contribution in [3.8, 4) is 0 Å². The number of benzene rings is 1. The Bertz CT molecular complexity index is 471. The molecule has 1 aromatic rings. The predicted molar refractivity (Wildman–Crippen MR) is 85.6 cm³/mol. The third-order valence-electron chi connectivity index (χ3n) is 3.68. The fourth-order valence-electron chi connectivity index (χ4n) is 2.56. The van der Waals surface area contributed by atoms with Crippen LogP contribution in [0.1, 0.15) is 43.0 Å². The Morgan fingerprint density at radius 3 is 3.00 bits per heavy atom. The lowest BCUT2D eigenvalue weighted by molar-refractivity contribution is 0.0134. The number of hydrogen-bond donors (Lipinski definition) is 3. The number of ether oxygens (including phenoxy) is 1. The summed E-state index contributed by atoms with van der Waals surface area (Å²) in [7, 11) is 0. The van der Waals surface area contributed by atoms with Crippen LogP contribution in [0.2, 0.25) is 0 Å². The Morgan fingerprint density at radius 1 is 1.43 bits per heavy atom. The minimum absolute atomic E-state index is 0.0751. The molecule has 1 fully saturated rings. The highest BCUT2D eigenvalue weighted by atomic mass is 16.5. The number of carbonyl (C=O) groups excluding carboxylic acids is 1. The minimum atomic E-state index is -0.0751. The second kappa shape index (κ2) is 7.88. The highest BCUT2D eigenvalue weighted by Crippen LogP contribution is 2.20. The molecule has 1 aromatic carbocycles. The van der Waals surface area contributed by atoms with Crippen molar-refractivity contribution >= 4 is 17.3 Å². The average Bonchev–Trinajstić information content (AvgIpc) is 2.49. The van der Waals surface area contributed by atoms with Gasteiger partial charge in [0, 0.05) is 31.1 Å². The summed E-state index contributed by atoms with van der Waals surface area (Å²) in [6, 6.07) is 5.33. The van der Waals surface area contributed by atoms with Gasteiger partial charge in [0.25, 0.3) is 5.91 Å². The largest absolute Gasteiger partial charge is 0.399 e. The van der Waals surface area contributed by atoms with E-state index in [1.165, 1.54) is 12.8 Å². The standard InChI is InChI=1S/C16H25N3O2/c1-2-18-16(20)14-7-6-12(17)11-15(14)19-9-8-13-5-3-4-10-21-13/h6-7,11,13,19H,2-5,8-10,17H2,1H3,(H,18,20). The molecule has 1 heterocycles. The molecule has 0 aromatic heterocycles. The Morgan fingerprint density at radius 2 is 2.29 bits per heavy atom. The first-order chi connectivity index (χ1) is 10.2. The van der Waals surface area contributed by atoms with E-state index in [-0.39, 0.29) is 5.91 Å². The van der Waals surface area contributed by atoms with E-state index in [0.29, 0.717) is 23.9 Å². The fraction of sp³-hybridized carbons (Fsp3) is 0.562. The molecule has 0 spiro atoms. The van der Waals surface area contributed by atoms with Gasteiger partial charge in [0.1, 0.15) is 0 Å². The van der Waals surface area contributed by atoms with Gasteiger partial charge in [0.05, 0.1) is 11.7 Å². The van der Waals surface area contributed by atoms with Crippen molar-refractivity contribution < 1.29 is 9.53 Å². The Balaban J connectivity index is 1.94. The summed E-state index contributed by atoms with van der Waals surface area (Å²) in [6.07, 6.45) is 4.82. The molecule has 1 unspecified atom stereocenters. The quantitative estimate of drug-likeness (QED) is 0.703. The van der Waals surface area contributed by atoms with Crippen LogP contribution in [0.15, 0.2) is 18.2 Å². The first-order valence-electron chi connectivity index (χ1n) is 7.74. The molecular formula is C16H25N3O2. The molecule has 0 bridgehead atoms. The number of nitrogens with two attached hydrogens (primary N) is 1. The monoisotopic (exact) mass is 291 g/mol. The molecule has 1 atom stereocenters. The lowest BCUT2D eigenvalue weighted by Gasteiger charge is -2.23. The van der Waals surface area contributed by atoms with E-state index in [4.69, 9.17) is 10.5 Å². The Labute approximate surface area is 126 Å². The SMILES string of the molecule is CCNC(=O)c1ccc(N)cc1NCCC1CCCCO1. The molecule has 1 aliphatic heterocycles. The third-order valence-corrected chi connectivity index (χ3v) is 3.68. The van der Waals surface area contributed by atoms with Gasteiger partial charge in [-0.05, 0) is 50.8 Å². The zero-order chi connectivity index (χ0) is 15.1. The number of carbonyl (C=O) groups is 1. The van der Waals surface area contributed by atoms with Crippen LogP contribution in [-0.4, -0.2) is 31.7 Å². The second-order valence-electron chi connectivity index (χ2n) is 5.37.